The monoisotopic (exact) mass is 237 g/mol. The smallest absolute Gasteiger partial charge is 0.218 e. The Morgan fingerprint density at radius 1 is 1.47 bits per heavy atom. The summed E-state index contributed by atoms with van der Waals surface area (Å²) in [7, 11) is 0. The van der Waals surface area contributed by atoms with E-state index in [-0.39, 0.29) is 0 Å². The largest absolute Gasteiger partial charge is 0.478 e. The van der Waals surface area contributed by atoms with Crippen LogP contribution in [0.5, 0.6) is 5.88 Å². The normalized spacial score (nSPS) is 10.0. The third-order valence-corrected chi connectivity index (χ3v) is 1.84. The lowest BCUT2D eigenvalue weighted by molar-refractivity contribution is 0.167. The minimum Gasteiger partial charge on any atom is -0.478 e. The Kier molecular flexibility index (Phi) is 6.03. The molecule has 1 aromatic rings. The number of hydrogen-bond donors (Lipinski definition) is 1. The van der Waals surface area contributed by atoms with E-state index in [9.17, 15) is 0 Å². The fourth-order valence-electron chi connectivity index (χ4n) is 1.16. The number of aromatic nitrogens is 2. The van der Waals surface area contributed by atoms with Crippen molar-refractivity contribution in [2.45, 2.75) is 13.8 Å². The molecule has 0 unspecified atom stereocenters. The van der Waals surface area contributed by atoms with Gasteiger partial charge in [0.25, 0.3) is 0 Å². The lowest BCUT2D eigenvalue weighted by Crippen LogP contribution is -2.11. The van der Waals surface area contributed by atoms with Crippen LogP contribution in [0, 0.1) is 0 Å². The van der Waals surface area contributed by atoms with Crippen LogP contribution in [0.4, 0.5) is 5.82 Å². The van der Waals surface area contributed by atoms with Crippen LogP contribution in [-0.4, -0.2) is 36.3 Å². The van der Waals surface area contributed by atoms with Crippen molar-refractivity contribution in [3.63, 3.8) is 0 Å². The second-order valence-corrected chi connectivity index (χ2v) is 3.61. The van der Waals surface area contributed by atoms with E-state index in [4.69, 9.17) is 9.47 Å². The Balaban J connectivity index is 2.26. The SMILES string of the molecule is C=C(C)COCCNc1cc(OCC)ncn1. The molecule has 1 heterocycles. The third-order valence-electron chi connectivity index (χ3n) is 1.84. The van der Waals surface area contributed by atoms with E-state index < -0.39 is 0 Å². The van der Waals surface area contributed by atoms with Crippen molar-refractivity contribution in [1.82, 2.24) is 9.97 Å². The van der Waals surface area contributed by atoms with Crippen LogP contribution in [0.25, 0.3) is 0 Å². The quantitative estimate of drug-likeness (QED) is 0.552. The van der Waals surface area contributed by atoms with Gasteiger partial charge in [-0.3, -0.25) is 0 Å². The van der Waals surface area contributed by atoms with E-state index in [0.29, 0.717) is 32.2 Å². The van der Waals surface area contributed by atoms with E-state index in [1.165, 1.54) is 6.33 Å². The molecule has 5 nitrogen and oxygen atoms in total. The summed E-state index contributed by atoms with van der Waals surface area (Å²) in [6.07, 6.45) is 1.47. The van der Waals surface area contributed by atoms with Crippen molar-refractivity contribution in [2.24, 2.45) is 0 Å². The number of anilines is 1. The molecule has 0 aliphatic carbocycles. The van der Waals surface area contributed by atoms with Gasteiger partial charge in [-0.05, 0) is 13.8 Å². The molecule has 1 rings (SSSR count). The minimum absolute atomic E-state index is 0.577. The number of ether oxygens (including phenoxy) is 2. The van der Waals surface area contributed by atoms with E-state index in [2.05, 4.69) is 21.9 Å². The van der Waals surface area contributed by atoms with Crippen molar-refractivity contribution < 1.29 is 9.47 Å². The molecule has 0 spiro atoms. The zero-order valence-electron chi connectivity index (χ0n) is 10.4. The Hall–Kier alpha value is -1.62. The molecule has 0 saturated heterocycles. The maximum Gasteiger partial charge on any atom is 0.218 e. The van der Waals surface area contributed by atoms with Gasteiger partial charge in [-0.25, -0.2) is 9.97 Å². The topological polar surface area (TPSA) is 56.3 Å². The molecule has 0 aliphatic rings. The van der Waals surface area contributed by atoms with Crippen LogP contribution in [0.15, 0.2) is 24.5 Å². The Labute approximate surface area is 102 Å². The summed E-state index contributed by atoms with van der Waals surface area (Å²) in [5.74, 6) is 1.32. The van der Waals surface area contributed by atoms with Gasteiger partial charge in [0, 0.05) is 12.6 Å². The average Bonchev–Trinajstić information content (AvgIpc) is 2.29. The molecular formula is C12H19N3O2. The summed E-state index contributed by atoms with van der Waals surface area (Å²) >= 11 is 0. The van der Waals surface area contributed by atoms with E-state index in [0.717, 1.165) is 11.4 Å². The Morgan fingerprint density at radius 2 is 2.29 bits per heavy atom. The molecule has 1 N–H and O–H groups in total. The van der Waals surface area contributed by atoms with Gasteiger partial charge in [0.1, 0.15) is 12.1 Å². The van der Waals surface area contributed by atoms with Gasteiger partial charge >= 0.3 is 0 Å². The first-order valence-electron chi connectivity index (χ1n) is 5.63. The van der Waals surface area contributed by atoms with Crippen LogP contribution < -0.4 is 10.1 Å². The Bertz CT molecular complexity index is 355. The van der Waals surface area contributed by atoms with Gasteiger partial charge in [-0.2, -0.15) is 0 Å². The number of hydrogen-bond acceptors (Lipinski definition) is 5. The van der Waals surface area contributed by atoms with Crippen LogP contribution >= 0.6 is 0 Å². The van der Waals surface area contributed by atoms with Gasteiger partial charge in [-0.15, -0.1) is 0 Å². The zero-order chi connectivity index (χ0) is 12.5. The number of nitrogens with zero attached hydrogens (tertiary/aromatic N) is 2. The molecule has 0 aliphatic heterocycles. The molecule has 0 fully saturated rings. The van der Waals surface area contributed by atoms with Gasteiger partial charge in [0.2, 0.25) is 5.88 Å². The molecule has 0 atom stereocenters. The fraction of sp³-hybridized carbons (Fsp3) is 0.500. The van der Waals surface area contributed by atoms with Crippen molar-refractivity contribution in [1.29, 1.82) is 0 Å². The van der Waals surface area contributed by atoms with Crippen molar-refractivity contribution >= 4 is 5.82 Å². The van der Waals surface area contributed by atoms with Crippen LogP contribution in [-0.2, 0) is 4.74 Å². The summed E-state index contributed by atoms with van der Waals surface area (Å²) < 4.78 is 10.6. The van der Waals surface area contributed by atoms with Crippen LogP contribution in [0.3, 0.4) is 0 Å². The predicted octanol–water partition coefficient (Wildman–Crippen LogP) is 1.88. The molecule has 0 bridgehead atoms. The summed E-state index contributed by atoms with van der Waals surface area (Å²) in [4.78, 5) is 8.06. The first-order chi connectivity index (χ1) is 8.22. The van der Waals surface area contributed by atoms with Crippen LogP contribution in [0.1, 0.15) is 13.8 Å². The van der Waals surface area contributed by atoms with Gasteiger partial charge in [-0.1, -0.05) is 12.2 Å². The highest BCUT2D eigenvalue weighted by Crippen LogP contribution is 2.10. The molecule has 17 heavy (non-hydrogen) atoms. The molecule has 5 heteroatoms. The standard InChI is InChI=1S/C12H19N3O2/c1-4-17-12-7-11(14-9-15-12)13-5-6-16-8-10(2)3/h7,9H,2,4-6,8H2,1,3H3,(H,13,14,15). The third kappa shape index (κ3) is 5.87. The first-order valence-corrected chi connectivity index (χ1v) is 5.63. The maximum atomic E-state index is 5.36. The lowest BCUT2D eigenvalue weighted by Gasteiger charge is -2.07. The van der Waals surface area contributed by atoms with Crippen molar-refractivity contribution in [3.05, 3.63) is 24.5 Å². The molecule has 1 aromatic heterocycles. The fourth-order valence-corrected chi connectivity index (χ4v) is 1.16. The summed E-state index contributed by atoms with van der Waals surface area (Å²) in [6, 6.07) is 1.77. The summed E-state index contributed by atoms with van der Waals surface area (Å²) in [6.45, 7) is 10.1. The van der Waals surface area contributed by atoms with E-state index in [1.54, 1.807) is 6.07 Å². The Morgan fingerprint density at radius 3 is 3.00 bits per heavy atom. The molecule has 0 saturated carbocycles. The highest BCUT2D eigenvalue weighted by atomic mass is 16.5. The first kappa shape index (κ1) is 13.4. The van der Waals surface area contributed by atoms with Crippen molar-refractivity contribution in [2.75, 3.05) is 31.7 Å². The van der Waals surface area contributed by atoms with Gasteiger partial charge < -0.3 is 14.8 Å². The molecular weight excluding hydrogens is 218 g/mol. The highest BCUT2D eigenvalue weighted by Gasteiger charge is 1.98. The minimum atomic E-state index is 0.577. The molecule has 94 valence electrons. The molecule has 0 aromatic carbocycles. The second kappa shape index (κ2) is 7.62. The van der Waals surface area contributed by atoms with E-state index in [1.807, 2.05) is 13.8 Å². The van der Waals surface area contributed by atoms with E-state index >= 15 is 0 Å². The van der Waals surface area contributed by atoms with Crippen molar-refractivity contribution in [3.8, 4) is 5.88 Å². The highest BCUT2D eigenvalue weighted by molar-refractivity contribution is 5.36. The number of nitrogens with one attached hydrogen (secondary N) is 1. The molecule has 0 radical (unpaired) electrons. The maximum absolute atomic E-state index is 5.36. The summed E-state index contributed by atoms with van der Waals surface area (Å²) in [5.41, 5.74) is 1.02. The molecule has 0 amide bonds. The predicted molar refractivity (Wildman–Crippen MR) is 67.3 cm³/mol. The average molecular weight is 237 g/mol. The summed E-state index contributed by atoms with van der Waals surface area (Å²) in [5, 5.41) is 3.13. The van der Waals surface area contributed by atoms with Gasteiger partial charge in [0.15, 0.2) is 0 Å². The second-order valence-electron chi connectivity index (χ2n) is 3.61. The van der Waals surface area contributed by atoms with Crippen LogP contribution in [0.2, 0.25) is 0 Å². The number of rotatable bonds is 8. The lowest BCUT2D eigenvalue weighted by atomic mass is 10.4. The zero-order valence-corrected chi connectivity index (χ0v) is 10.4. The van der Waals surface area contributed by atoms with Gasteiger partial charge in [0.05, 0.1) is 19.8 Å².